The van der Waals surface area contributed by atoms with Crippen molar-refractivity contribution in [2.24, 2.45) is 0 Å². The Kier molecular flexibility index (Phi) is 5.33. The van der Waals surface area contributed by atoms with Crippen molar-refractivity contribution in [2.45, 2.75) is 19.9 Å². The second-order valence-electron chi connectivity index (χ2n) is 7.30. The van der Waals surface area contributed by atoms with E-state index in [0.29, 0.717) is 23.0 Å². The van der Waals surface area contributed by atoms with Crippen LogP contribution in [0.1, 0.15) is 28.7 Å². The zero-order valence-electron chi connectivity index (χ0n) is 17.2. The van der Waals surface area contributed by atoms with Crippen LogP contribution in [0, 0.1) is 13.8 Å². The van der Waals surface area contributed by atoms with Gasteiger partial charge >= 0.3 is 0 Å². The smallest absolute Gasteiger partial charge is 0.300 e. The van der Waals surface area contributed by atoms with Gasteiger partial charge in [0.25, 0.3) is 11.7 Å². The van der Waals surface area contributed by atoms with Gasteiger partial charge in [-0.05, 0) is 56.3 Å². The highest BCUT2D eigenvalue weighted by molar-refractivity contribution is 6.51. The largest absolute Gasteiger partial charge is 0.507 e. The highest BCUT2D eigenvalue weighted by atomic mass is 35.5. The molecular weight excluding hydrogens is 418 g/mol. The third-order valence-corrected chi connectivity index (χ3v) is 5.55. The number of nitrogens with zero attached hydrogens (tertiary/aromatic N) is 1. The second-order valence-corrected chi connectivity index (χ2v) is 7.71. The number of aliphatic hydroxyl groups is 1. The zero-order valence-corrected chi connectivity index (χ0v) is 17.9. The maximum absolute atomic E-state index is 13.1. The molecule has 1 N–H and O–H groups in total. The van der Waals surface area contributed by atoms with Gasteiger partial charge in [0.2, 0.25) is 0 Å². The molecular formula is C24H20ClNO5. The molecule has 1 atom stereocenters. The Hall–Kier alpha value is -3.51. The number of methoxy groups -OCH3 is 1. The van der Waals surface area contributed by atoms with Crippen LogP contribution in [-0.4, -0.2) is 23.9 Å². The number of carbonyl (C=O) groups is 2. The normalized spacial score (nSPS) is 17.9. The number of furan rings is 1. The fourth-order valence-corrected chi connectivity index (χ4v) is 3.84. The van der Waals surface area contributed by atoms with Crippen LogP contribution in [0.15, 0.2) is 64.6 Å². The van der Waals surface area contributed by atoms with E-state index in [0.717, 1.165) is 5.56 Å². The molecule has 0 saturated carbocycles. The van der Waals surface area contributed by atoms with Crippen molar-refractivity contribution in [1.82, 2.24) is 0 Å². The van der Waals surface area contributed by atoms with E-state index < -0.39 is 23.5 Å². The molecule has 4 rings (SSSR count). The van der Waals surface area contributed by atoms with E-state index in [9.17, 15) is 14.7 Å². The van der Waals surface area contributed by atoms with Gasteiger partial charge in [0.05, 0.1) is 17.7 Å². The first kappa shape index (κ1) is 20.8. The van der Waals surface area contributed by atoms with Gasteiger partial charge < -0.3 is 14.3 Å². The molecule has 7 heteroatoms. The molecule has 0 bridgehead atoms. The summed E-state index contributed by atoms with van der Waals surface area (Å²) in [6, 6.07) is 14.4. The van der Waals surface area contributed by atoms with Gasteiger partial charge in [0, 0.05) is 11.3 Å². The highest BCUT2D eigenvalue weighted by Gasteiger charge is 2.48. The minimum atomic E-state index is -0.946. The topological polar surface area (TPSA) is 80.0 Å². The van der Waals surface area contributed by atoms with Crippen LogP contribution in [0.4, 0.5) is 5.69 Å². The predicted molar refractivity (Wildman–Crippen MR) is 117 cm³/mol. The van der Waals surface area contributed by atoms with Gasteiger partial charge in [-0.1, -0.05) is 29.3 Å². The summed E-state index contributed by atoms with van der Waals surface area (Å²) in [7, 11) is 1.48. The van der Waals surface area contributed by atoms with Crippen molar-refractivity contribution in [3.8, 4) is 5.75 Å². The Bertz CT molecular complexity index is 1210. The maximum atomic E-state index is 13.1. The van der Waals surface area contributed by atoms with Crippen molar-refractivity contribution in [1.29, 1.82) is 0 Å². The Labute approximate surface area is 184 Å². The van der Waals surface area contributed by atoms with Crippen LogP contribution in [0.2, 0.25) is 5.02 Å². The number of anilines is 1. The quantitative estimate of drug-likeness (QED) is 0.345. The molecule has 2 heterocycles. The van der Waals surface area contributed by atoms with Gasteiger partial charge in [-0.25, -0.2) is 0 Å². The summed E-state index contributed by atoms with van der Waals surface area (Å²) in [5, 5.41) is 11.4. The number of rotatable bonds is 4. The number of carbonyl (C=O) groups excluding carboxylic acids is 2. The van der Waals surface area contributed by atoms with E-state index in [1.807, 2.05) is 19.1 Å². The van der Waals surface area contributed by atoms with Crippen molar-refractivity contribution < 1.29 is 23.8 Å². The van der Waals surface area contributed by atoms with E-state index in [1.165, 1.54) is 18.1 Å². The summed E-state index contributed by atoms with van der Waals surface area (Å²) < 4.78 is 11.0. The number of amides is 1. The van der Waals surface area contributed by atoms with E-state index in [1.54, 1.807) is 43.3 Å². The van der Waals surface area contributed by atoms with Crippen molar-refractivity contribution in [3.05, 3.63) is 87.8 Å². The van der Waals surface area contributed by atoms with Crippen LogP contribution in [0.3, 0.4) is 0 Å². The van der Waals surface area contributed by atoms with Gasteiger partial charge in [-0.15, -0.1) is 0 Å². The standard InChI is InChI=1S/C24H20ClNO5/c1-13-4-7-15(8-5-13)26-21(19-11-6-14(2)31-19)20(23(28)24(26)29)22(27)17-12-16(30-3)9-10-18(17)25/h4-12,21,27H,1-3H3/b22-20+. The Morgan fingerprint density at radius 2 is 1.77 bits per heavy atom. The number of benzene rings is 2. The summed E-state index contributed by atoms with van der Waals surface area (Å²) >= 11 is 6.30. The molecule has 3 aromatic rings. The molecule has 31 heavy (non-hydrogen) atoms. The SMILES string of the molecule is COc1ccc(Cl)c(/C(O)=C2\C(=O)C(=O)N(c3ccc(C)cc3)C2c2ccc(C)o2)c1. The summed E-state index contributed by atoms with van der Waals surface area (Å²) in [5.74, 6) is -0.554. The fourth-order valence-electron chi connectivity index (χ4n) is 3.63. The van der Waals surface area contributed by atoms with Gasteiger partial charge in [0.15, 0.2) is 0 Å². The Balaban J connectivity index is 1.96. The fraction of sp³-hybridized carbons (Fsp3) is 0.167. The number of aliphatic hydroxyl groups excluding tert-OH is 1. The number of ketones is 1. The van der Waals surface area contributed by atoms with E-state index >= 15 is 0 Å². The maximum Gasteiger partial charge on any atom is 0.300 e. The molecule has 1 aliphatic heterocycles. The number of ether oxygens (including phenoxy) is 1. The third kappa shape index (κ3) is 3.59. The van der Waals surface area contributed by atoms with Crippen LogP contribution in [-0.2, 0) is 9.59 Å². The van der Waals surface area contributed by atoms with Crippen LogP contribution >= 0.6 is 11.6 Å². The first-order chi connectivity index (χ1) is 14.8. The lowest BCUT2D eigenvalue weighted by Gasteiger charge is -2.23. The van der Waals surface area contributed by atoms with E-state index in [-0.39, 0.29) is 16.2 Å². The van der Waals surface area contributed by atoms with Gasteiger partial charge in [-0.2, -0.15) is 0 Å². The summed E-state index contributed by atoms with van der Waals surface area (Å²) in [4.78, 5) is 27.5. The molecule has 1 saturated heterocycles. The number of hydrogen-bond donors (Lipinski definition) is 1. The summed E-state index contributed by atoms with van der Waals surface area (Å²) in [5.41, 5.74) is 1.61. The number of aryl methyl sites for hydroxylation is 2. The molecule has 158 valence electrons. The summed E-state index contributed by atoms with van der Waals surface area (Å²) in [6.45, 7) is 3.69. The lowest BCUT2D eigenvalue weighted by Crippen LogP contribution is -2.29. The van der Waals surface area contributed by atoms with Crippen LogP contribution < -0.4 is 9.64 Å². The molecule has 6 nitrogen and oxygen atoms in total. The molecule has 1 fully saturated rings. The third-order valence-electron chi connectivity index (χ3n) is 5.22. The zero-order chi connectivity index (χ0) is 22.3. The van der Waals surface area contributed by atoms with Crippen molar-refractivity contribution in [3.63, 3.8) is 0 Å². The Morgan fingerprint density at radius 1 is 1.06 bits per heavy atom. The minimum absolute atomic E-state index is 0.102. The first-order valence-electron chi connectivity index (χ1n) is 9.59. The molecule has 0 aliphatic carbocycles. The predicted octanol–water partition coefficient (Wildman–Crippen LogP) is 5.18. The number of hydrogen-bond acceptors (Lipinski definition) is 5. The van der Waals surface area contributed by atoms with E-state index in [2.05, 4.69) is 0 Å². The van der Waals surface area contributed by atoms with Crippen LogP contribution in [0.25, 0.3) is 5.76 Å². The van der Waals surface area contributed by atoms with Crippen LogP contribution in [0.5, 0.6) is 5.75 Å². The summed E-state index contributed by atoms with van der Waals surface area (Å²) in [6.07, 6.45) is 0. The molecule has 2 aromatic carbocycles. The van der Waals surface area contributed by atoms with Gasteiger partial charge in [-0.3, -0.25) is 14.5 Å². The molecule has 1 amide bonds. The minimum Gasteiger partial charge on any atom is -0.507 e. The number of halogens is 1. The molecule has 1 unspecified atom stereocenters. The van der Waals surface area contributed by atoms with Crippen molar-refractivity contribution >= 4 is 34.7 Å². The van der Waals surface area contributed by atoms with Gasteiger partial charge in [0.1, 0.15) is 29.1 Å². The van der Waals surface area contributed by atoms with E-state index in [4.69, 9.17) is 20.8 Å². The number of Topliss-reactive ketones (excluding diaryl/α,β-unsaturated/α-hetero) is 1. The monoisotopic (exact) mass is 437 g/mol. The molecule has 0 spiro atoms. The molecule has 1 aromatic heterocycles. The average Bonchev–Trinajstić information content (AvgIpc) is 3.30. The average molecular weight is 438 g/mol. The first-order valence-corrected chi connectivity index (χ1v) is 9.97. The van der Waals surface area contributed by atoms with Crippen molar-refractivity contribution in [2.75, 3.05) is 12.0 Å². The second kappa shape index (κ2) is 7.96. The lowest BCUT2D eigenvalue weighted by molar-refractivity contribution is -0.132. The Morgan fingerprint density at radius 3 is 2.39 bits per heavy atom. The molecule has 1 aliphatic rings. The highest BCUT2D eigenvalue weighted by Crippen LogP contribution is 2.43. The molecule has 0 radical (unpaired) electrons. The lowest BCUT2D eigenvalue weighted by atomic mass is 9.99.